The maximum absolute atomic E-state index is 15.0. The minimum Gasteiger partial charge on any atom is -0.458 e. The van der Waals surface area contributed by atoms with Gasteiger partial charge < -0.3 is 25.5 Å². The summed E-state index contributed by atoms with van der Waals surface area (Å²) in [7, 11) is 0. The molecule has 3 aromatic rings. The predicted molar refractivity (Wildman–Crippen MR) is 137 cm³/mol. The monoisotopic (exact) mass is 574 g/mol. The fourth-order valence-corrected chi connectivity index (χ4v) is 6.14. The Hall–Kier alpha value is -3.84. The molecule has 3 aliphatic rings. The van der Waals surface area contributed by atoms with Crippen molar-refractivity contribution in [2.75, 3.05) is 0 Å². The van der Waals surface area contributed by atoms with Crippen LogP contribution >= 0.6 is 0 Å². The molecule has 0 bridgehead atoms. The molecule has 1 amide bonds. The summed E-state index contributed by atoms with van der Waals surface area (Å²) in [4.78, 5) is 43.6. The Morgan fingerprint density at radius 2 is 1.98 bits per heavy atom. The maximum Gasteiger partial charge on any atom is 0.415 e. The first-order valence-electron chi connectivity index (χ1n) is 13.1. The lowest BCUT2D eigenvalue weighted by atomic mass is 9.81. The minimum absolute atomic E-state index is 0.0467. The molecule has 13 heteroatoms. The van der Waals surface area contributed by atoms with Crippen LogP contribution in [0.15, 0.2) is 16.9 Å². The van der Waals surface area contributed by atoms with Gasteiger partial charge in [0.2, 0.25) is 5.91 Å². The molecule has 3 atom stereocenters. The highest BCUT2D eigenvalue weighted by molar-refractivity contribution is 5.94. The molecular weight excluding hydrogens is 548 g/mol. The number of rotatable bonds is 3. The molecule has 2 aliphatic heterocycles. The predicted octanol–water partition coefficient (Wildman–Crippen LogP) is 2.91. The Balaban J connectivity index is 1.60. The summed E-state index contributed by atoms with van der Waals surface area (Å²) in [6.45, 7) is 3.36. The number of aromatic nitrogens is 2. The number of amides is 1. The first kappa shape index (κ1) is 27.3. The standard InChI is InChI=1S/C28H26F4N4O5/c1-4-27(40)15-7-19-22-13(9-36(19)23(37)14(15)10-41-25(27)39)21-17(35-24(38)26(3,33)28(30,31)32)6-5-12-11(2)16(29)8-18(34-22)20(12)21/h7-8,17,40H,4-6,9-10,33H2,1-3H3,(H,35,38)/t17-,26?,27-/m0/s1. The summed E-state index contributed by atoms with van der Waals surface area (Å²) in [6, 6.07) is 1.76. The zero-order valence-corrected chi connectivity index (χ0v) is 22.3. The van der Waals surface area contributed by atoms with E-state index in [0.29, 0.717) is 34.6 Å². The number of benzene rings is 1. The van der Waals surface area contributed by atoms with Gasteiger partial charge in [-0.15, -0.1) is 0 Å². The SMILES string of the molecule is CC[C@@]1(O)C(=O)OCc2c1cc1n(c2=O)Cc2c-1nc1cc(F)c(C)c3c1c2[C@@H](NC(=O)C(C)(N)C(F)(F)F)CC3. The number of pyridine rings is 2. The van der Waals surface area contributed by atoms with Gasteiger partial charge in [-0.3, -0.25) is 9.59 Å². The number of fused-ring (bicyclic) bond motifs is 5. The number of esters is 1. The van der Waals surface area contributed by atoms with Gasteiger partial charge in [0.1, 0.15) is 12.4 Å². The number of halogens is 4. The number of ether oxygens (including phenoxy) is 1. The summed E-state index contributed by atoms with van der Waals surface area (Å²) in [6.07, 6.45) is -4.67. The van der Waals surface area contributed by atoms with Crippen molar-refractivity contribution in [1.29, 1.82) is 0 Å². The number of aliphatic hydroxyl groups is 1. The quantitative estimate of drug-likeness (QED) is 0.253. The van der Waals surface area contributed by atoms with Gasteiger partial charge in [-0.2, -0.15) is 13.2 Å². The highest BCUT2D eigenvalue weighted by atomic mass is 19.4. The van der Waals surface area contributed by atoms with E-state index in [-0.39, 0.29) is 60.4 Å². The number of carbonyl (C=O) groups excluding carboxylic acids is 2. The third-order valence-electron chi connectivity index (χ3n) is 8.74. The van der Waals surface area contributed by atoms with Crippen molar-refractivity contribution in [1.82, 2.24) is 14.9 Å². The van der Waals surface area contributed by atoms with Gasteiger partial charge in [-0.1, -0.05) is 6.92 Å². The number of carbonyl (C=O) groups is 2. The molecule has 0 fully saturated rings. The zero-order valence-electron chi connectivity index (χ0n) is 22.3. The third-order valence-corrected chi connectivity index (χ3v) is 8.74. The molecule has 0 saturated heterocycles. The van der Waals surface area contributed by atoms with Crippen molar-refractivity contribution in [3.05, 3.63) is 61.7 Å². The molecule has 1 unspecified atom stereocenters. The number of hydrogen-bond acceptors (Lipinski definition) is 7. The zero-order chi connectivity index (χ0) is 29.8. The third kappa shape index (κ3) is 3.61. The van der Waals surface area contributed by atoms with Gasteiger partial charge in [0.05, 0.1) is 35.1 Å². The van der Waals surface area contributed by atoms with E-state index in [9.17, 15) is 37.1 Å². The van der Waals surface area contributed by atoms with Gasteiger partial charge >= 0.3 is 12.1 Å². The second kappa shape index (κ2) is 8.58. The van der Waals surface area contributed by atoms with Crippen molar-refractivity contribution in [3.8, 4) is 11.4 Å². The summed E-state index contributed by atoms with van der Waals surface area (Å²) in [5.41, 5.74) is 2.38. The molecule has 1 aromatic carbocycles. The Bertz CT molecular complexity index is 1760. The maximum atomic E-state index is 15.0. The van der Waals surface area contributed by atoms with Gasteiger partial charge in [0, 0.05) is 22.6 Å². The van der Waals surface area contributed by atoms with Crippen LogP contribution in [-0.4, -0.2) is 38.2 Å². The second-order valence-electron chi connectivity index (χ2n) is 11.1. The van der Waals surface area contributed by atoms with Crippen molar-refractivity contribution in [2.24, 2.45) is 5.73 Å². The van der Waals surface area contributed by atoms with E-state index in [1.54, 1.807) is 13.8 Å². The lowest BCUT2D eigenvalue weighted by molar-refractivity contribution is -0.187. The first-order chi connectivity index (χ1) is 19.1. The summed E-state index contributed by atoms with van der Waals surface area (Å²) in [5, 5.41) is 14.1. The molecule has 0 saturated carbocycles. The number of alkyl halides is 3. The van der Waals surface area contributed by atoms with E-state index in [2.05, 4.69) is 10.3 Å². The minimum atomic E-state index is -5.02. The molecule has 4 heterocycles. The van der Waals surface area contributed by atoms with E-state index < -0.39 is 46.6 Å². The van der Waals surface area contributed by atoms with Crippen LogP contribution in [-0.2, 0) is 39.5 Å². The van der Waals surface area contributed by atoms with Crippen LogP contribution in [0.5, 0.6) is 0 Å². The fourth-order valence-electron chi connectivity index (χ4n) is 6.14. The summed E-state index contributed by atoms with van der Waals surface area (Å²) < 4.78 is 62.2. The second-order valence-corrected chi connectivity index (χ2v) is 11.1. The Morgan fingerprint density at radius 1 is 1.27 bits per heavy atom. The van der Waals surface area contributed by atoms with Crippen LogP contribution in [0.1, 0.15) is 66.1 Å². The number of nitrogens with two attached hydrogens (primary N) is 1. The summed E-state index contributed by atoms with van der Waals surface area (Å²) in [5.74, 6) is -2.84. The van der Waals surface area contributed by atoms with E-state index in [0.717, 1.165) is 0 Å². The van der Waals surface area contributed by atoms with E-state index >= 15 is 0 Å². The van der Waals surface area contributed by atoms with Gasteiger partial charge in [-0.25, -0.2) is 14.2 Å². The number of hydrogen-bond donors (Lipinski definition) is 3. The normalized spacial score (nSPS) is 22.5. The van der Waals surface area contributed by atoms with E-state index in [1.807, 2.05) is 0 Å². The average molecular weight is 575 g/mol. The molecule has 41 heavy (non-hydrogen) atoms. The average Bonchev–Trinajstić information content (AvgIpc) is 3.28. The number of aryl methyl sites for hydroxylation is 1. The smallest absolute Gasteiger partial charge is 0.415 e. The van der Waals surface area contributed by atoms with Crippen LogP contribution in [0.25, 0.3) is 22.3 Å². The van der Waals surface area contributed by atoms with Crippen LogP contribution in [0.2, 0.25) is 0 Å². The molecule has 6 rings (SSSR count). The van der Waals surface area contributed by atoms with Crippen LogP contribution in [0.3, 0.4) is 0 Å². The van der Waals surface area contributed by atoms with E-state index in [1.165, 1.54) is 16.7 Å². The van der Waals surface area contributed by atoms with Crippen molar-refractivity contribution in [3.63, 3.8) is 0 Å². The molecule has 0 spiro atoms. The molecular formula is C28H26F4N4O5. The van der Waals surface area contributed by atoms with Gasteiger partial charge in [0.25, 0.3) is 5.56 Å². The van der Waals surface area contributed by atoms with Crippen molar-refractivity contribution in [2.45, 2.75) is 76.5 Å². The van der Waals surface area contributed by atoms with Crippen molar-refractivity contribution < 1.29 is 37.0 Å². The molecule has 1 aliphatic carbocycles. The molecule has 0 radical (unpaired) electrons. The van der Waals surface area contributed by atoms with Gasteiger partial charge in [-0.05, 0) is 55.9 Å². The molecule has 2 aromatic heterocycles. The summed E-state index contributed by atoms with van der Waals surface area (Å²) >= 11 is 0. The number of nitrogens with one attached hydrogen (secondary N) is 1. The fraction of sp³-hybridized carbons (Fsp3) is 0.429. The largest absolute Gasteiger partial charge is 0.458 e. The highest BCUT2D eigenvalue weighted by Gasteiger charge is 2.54. The lowest BCUT2D eigenvalue weighted by Gasteiger charge is -2.33. The topological polar surface area (TPSA) is 137 Å². The lowest BCUT2D eigenvalue weighted by Crippen LogP contribution is -2.61. The van der Waals surface area contributed by atoms with Crippen molar-refractivity contribution >= 4 is 22.8 Å². The number of nitrogens with zero attached hydrogens (tertiary/aromatic N) is 2. The Morgan fingerprint density at radius 3 is 2.63 bits per heavy atom. The molecule has 4 N–H and O–H groups in total. The van der Waals surface area contributed by atoms with E-state index in [4.69, 9.17) is 10.5 Å². The van der Waals surface area contributed by atoms with Crippen LogP contribution < -0.4 is 16.6 Å². The van der Waals surface area contributed by atoms with Gasteiger partial charge in [0.15, 0.2) is 11.1 Å². The first-order valence-corrected chi connectivity index (χ1v) is 13.1. The molecule has 9 nitrogen and oxygen atoms in total. The Kier molecular flexibility index (Phi) is 5.72. The number of cyclic esters (lactones) is 1. The highest BCUT2D eigenvalue weighted by Crippen LogP contribution is 2.46. The van der Waals surface area contributed by atoms with Crippen LogP contribution in [0, 0.1) is 12.7 Å². The van der Waals surface area contributed by atoms with Crippen LogP contribution in [0.4, 0.5) is 17.6 Å². The molecule has 216 valence electrons. The Labute approximate surface area is 230 Å².